The fraction of sp³-hybridized carbons (Fsp3) is 0.933. The second-order valence-corrected chi connectivity index (χ2v) is 6.38. The fourth-order valence-corrected chi connectivity index (χ4v) is 3.43. The first-order chi connectivity index (χ1) is 9.08. The van der Waals surface area contributed by atoms with Gasteiger partial charge in [-0.25, -0.2) is 0 Å². The molecule has 2 fully saturated rings. The van der Waals surface area contributed by atoms with Crippen molar-refractivity contribution in [2.45, 2.75) is 58.1 Å². The minimum atomic E-state index is -0.236. The van der Waals surface area contributed by atoms with Crippen LogP contribution in [-0.2, 0) is 4.79 Å². The summed E-state index contributed by atoms with van der Waals surface area (Å²) in [7, 11) is 0. The molecule has 3 unspecified atom stereocenters. The second-order valence-electron chi connectivity index (χ2n) is 6.38. The predicted octanol–water partition coefficient (Wildman–Crippen LogP) is 1.38. The van der Waals surface area contributed by atoms with E-state index in [1.807, 2.05) is 6.92 Å². The molecule has 1 heterocycles. The largest absolute Gasteiger partial charge is 0.393 e. The number of rotatable bonds is 5. The number of carbonyl (C=O) groups excluding carboxylic acids is 1. The van der Waals surface area contributed by atoms with Crippen molar-refractivity contribution in [2.24, 2.45) is 11.8 Å². The summed E-state index contributed by atoms with van der Waals surface area (Å²) >= 11 is 0. The molecule has 3 atom stereocenters. The van der Waals surface area contributed by atoms with Gasteiger partial charge in [0.05, 0.1) is 6.10 Å². The summed E-state index contributed by atoms with van der Waals surface area (Å²) in [4.78, 5) is 13.7. The normalized spacial score (nSPS) is 30.7. The van der Waals surface area contributed by atoms with Crippen molar-refractivity contribution in [2.75, 3.05) is 19.6 Å². The van der Waals surface area contributed by atoms with Crippen LogP contribution in [0.15, 0.2) is 0 Å². The molecule has 1 saturated heterocycles. The molecule has 0 radical (unpaired) electrons. The molecule has 19 heavy (non-hydrogen) atoms. The third kappa shape index (κ3) is 4.18. The van der Waals surface area contributed by atoms with Crippen molar-refractivity contribution in [3.05, 3.63) is 0 Å². The Kier molecular flexibility index (Phi) is 5.22. The van der Waals surface area contributed by atoms with E-state index in [9.17, 15) is 9.90 Å². The van der Waals surface area contributed by atoms with Gasteiger partial charge in [0, 0.05) is 32.6 Å². The topological polar surface area (TPSA) is 52.6 Å². The Morgan fingerprint density at radius 2 is 2.16 bits per heavy atom. The van der Waals surface area contributed by atoms with Gasteiger partial charge in [-0.3, -0.25) is 4.79 Å². The lowest BCUT2D eigenvalue weighted by Crippen LogP contribution is -2.53. The van der Waals surface area contributed by atoms with E-state index in [1.165, 1.54) is 19.3 Å². The molecule has 1 amide bonds. The fourth-order valence-electron chi connectivity index (χ4n) is 3.43. The van der Waals surface area contributed by atoms with Gasteiger partial charge in [-0.05, 0) is 37.5 Å². The highest BCUT2D eigenvalue weighted by Gasteiger charge is 2.33. The Labute approximate surface area is 116 Å². The third-order valence-corrected chi connectivity index (χ3v) is 4.67. The number of likely N-dealkylation sites (tertiary alicyclic amines) is 1. The predicted molar refractivity (Wildman–Crippen MR) is 75.8 cm³/mol. The van der Waals surface area contributed by atoms with Crippen molar-refractivity contribution in [1.29, 1.82) is 0 Å². The minimum Gasteiger partial charge on any atom is -0.393 e. The number of nitrogens with zero attached hydrogens (tertiary/aromatic N) is 1. The summed E-state index contributed by atoms with van der Waals surface area (Å²) in [5.74, 6) is 1.19. The van der Waals surface area contributed by atoms with Crippen LogP contribution >= 0.6 is 0 Å². The smallest absolute Gasteiger partial charge is 0.217 e. The summed E-state index contributed by atoms with van der Waals surface area (Å²) in [5, 5.41) is 13.2. The first-order valence-corrected chi connectivity index (χ1v) is 7.76. The van der Waals surface area contributed by atoms with Gasteiger partial charge in [0.15, 0.2) is 0 Å². The Morgan fingerprint density at radius 3 is 2.68 bits per heavy atom. The summed E-state index contributed by atoms with van der Waals surface area (Å²) < 4.78 is 0. The molecule has 0 aromatic rings. The van der Waals surface area contributed by atoms with E-state index in [4.69, 9.17) is 0 Å². The number of aliphatic hydroxyl groups excluding tert-OH is 1. The number of nitrogens with one attached hydrogen (secondary N) is 1. The summed E-state index contributed by atoms with van der Waals surface area (Å²) in [6.45, 7) is 6.69. The van der Waals surface area contributed by atoms with E-state index < -0.39 is 0 Å². The Balaban J connectivity index is 1.91. The molecule has 1 aliphatic heterocycles. The van der Waals surface area contributed by atoms with Gasteiger partial charge in [-0.1, -0.05) is 13.3 Å². The molecule has 4 heteroatoms. The van der Waals surface area contributed by atoms with Gasteiger partial charge < -0.3 is 15.3 Å². The maximum Gasteiger partial charge on any atom is 0.217 e. The van der Waals surface area contributed by atoms with Crippen molar-refractivity contribution < 1.29 is 9.90 Å². The zero-order chi connectivity index (χ0) is 13.8. The number of carbonyl (C=O) groups is 1. The molecular formula is C15H28N2O2. The van der Waals surface area contributed by atoms with Gasteiger partial charge in [0.2, 0.25) is 5.91 Å². The summed E-state index contributed by atoms with van der Waals surface area (Å²) in [5.41, 5.74) is 0. The lowest BCUT2D eigenvalue weighted by atomic mass is 9.83. The van der Waals surface area contributed by atoms with Crippen LogP contribution < -0.4 is 5.32 Å². The third-order valence-electron chi connectivity index (χ3n) is 4.67. The molecule has 4 nitrogen and oxygen atoms in total. The van der Waals surface area contributed by atoms with Crippen LogP contribution in [0.5, 0.6) is 0 Å². The summed E-state index contributed by atoms with van der Waals surface area (Å²) in [6, 6.07) is 0.206. The van der Waals surface area contributed by atoms with Gasteiger partial charge in [-0.2, -0.15) is 0 Å². The van der Waals surface area contributed by atoms with Crippen molar-refractivity contribution in [3.63, 3.8) is 0 Å². The minimum absolute atomic E-state index is 0.0419. The van der Waals surface area contributed by atoms with Crippen LogP contribution in [-0.4, -0.2) is 47.7 Å². The Hall–Kier alpha value is -0.610. The molecule has 2 aliphatic rings. The van der Waals surface area contributed by atoms with E-state index in [2.05, 4.69) is 10.2 Å². The van der Waals surface area contributed by atoms with E-state index in [-0.39, 0.29) is 18.1 Å². The highest BCUT2D eigenvalue weighted by atomic mass is 16.3. The van der Waals surface area contributed by atoms with Crippen LogP contribution in [0.2, 0.25) is 0 Å². The maximum absolute atomic E-state index is 11.3. The van der Waals surface area contributed by atoms with Crippen LogP contribution in [0.4, 0.5) is 0 Å². The molecule has 110 valence electrons. The van der Waals surface area contributed by atoms with Crippen molar-refractivity contribution in [3.8, 4) is 0 Å². The van der Waals surface area contributed by atoms with E-state index in [1.54, 1.807) is 6.92 Å². The zero-order valence-corrected chi connectivity index (χ0v) is 12.3. The molecule has 2 N–H and O–H groups in total. The molecule has 0 aromatic heterocycles. The Bertz CT molecular complexity index is 305. The van der Waals surface area contributed by atoms with E-state index in [0.29, 0.717) is 5.92 Å². The van der Waals surface area contributed by atoms with Gasteiger partial charge in [-0.15, -0.1) is 0 Å². The first-order valence-electron chi connectivity index (χ1n) is 7.76. The molecule has 2 rings (SSSR count). The van der Waals surface area contributed by atoms with E-state index >= 15 is 0 Å². The van der Waals surface area contributed by atoms with Crippen molar-refractivity contribution >= 4 is 5.91 Å². The average molecular weight is 268 g/mol. The molecular weight excluding hydrogens is 240 g/mol. The maximum atomic E-state index is 11.3. The lowest BCUT2D eigenvalue weighted by molar-refractivity contribution is -0.120. The zero-order valence-electron chi connectivity index (χ0n) is 12.3. The van der Waals surface area contributed by atoms with Crippen LogP contribution in [0, 0.1) is 11.8 Å². The number of aliphatic hydroxyl groups is 1. The average Bonchev–Trinajstić information content (AvgIpc) is 2.31. The molecule has 0 bridgehead atoms. The first kappa shape index (κ1) is 14.8. The van der Waals surface area contributed by atoms with Gasteiger partial charge in [0.25, 0.3) is 0 Å². The number of amides is 1. The monoisotopic (exact) mass is 268 g/mol. The highest BCUT2D eigenvalue weighted by molar-refractivity contribution is 5.73. The highest BCUT2D eigenvalue weighted by Crippen LogP contribution is 2.29. The van der Waals surface area contributed by atoms with Crippen molar-refractivity contribution in [1.82, 2.24) is 10.2 Å². The number of hydrogen-bond acceptors (Lipinski definition) is 3. The Morgan fingerprint density at radius 1 is 1.42 bits per heavy atom. The lowest BCUT2D eigenvalue weighted by Gasteiger charge is -2.42. The van der Waals surface area contributed by atoms with Crippen LogP contribution in [0.25, 0.3) is 0 Å². The standard InChI is InChI=1S/C15H28N2O2/c1-3-15(19)13-7-14(16-11(2)18)10-17(9-13)8-12-5-4-6-12/h12-15,19H,3-10H2,1-2H3,(H,16,18). The quantitative estimate of drug-likeness (QED) is 0.792. The SMILES string of the molecule is CCC(O)C1CC(NC(C)=O)CN(CC2CCC2)C1. The van der Waals surface area contributed by atoms with Crippen LogP contribution in [0.3, 0.4) is 0 Å². The van der Waals surface area contributed by atoms with Gasteiger partial charge in [0.1, 0.15) is 0 Å². The number of piperidine rings is 1. The molecule has 0 spiro atoms. The second kappa shape index (κ2) is 6.71. The summed E-state index contributed by atoms with van der Waals surface area (Å²) in [6.07, 6.45) is 5.55. The molecule has 1 aliphatic carbocycles. The van der Waals surface area contributed by atoms with Crippen LogP contribution in [0.1, 0.15) is 46.0 Å². The van der Waals surface area contributed by atoms with E-state index in [0.717, 1.165) is 38.4 Å². The molecule has 1 saturated carbocycles. The molecule has 0 aromatic carbocycles. The van der Waals surface area contributed by atoms with Gasteiger partial charge >= 0.3 is 0 Å². The number of hydrogen-bond donors (Lipinski definition) is 2.